The summed E-state index contributed by atoms with van der Waals surface area (Å²) in [5.41, 5.74) is 5.28. The summed E-state index contributed by atoms with van der Waals surface area (Å²) in [6, 6.07) is -0.0746. The molecule has 0 unspecified atom stereocenters. The molecule has 0 aromatic rings. The van der Waals surface area contributed by atoms with Gasteiger partial charge in [-0.3, -0.25) is 4.90 Å². The molecule has 0 heterocycles. The number of hydrogen-bond acceptors (Lipinski definition) is 2. The molecule has 0 aromatic heterocycles. The van der Waals surface area contributed by atoms with Crippen molar-refractivity contribution in [1.82, 2.24) is 4.90 Å². The van der Waals surface area contributed by atoms with Crippen molar-refractivity contribution in [1.29, 1.82) is 0 Å². The maximum atomic E-state index is 12.1. The Morgan fingerprint density at radius 3 is 2.14 bits per heavy atom. The van der Waals surface area contributed by atoms with Gasteiger partial charge >= 0.3 is 6.18 Å². The number of halogens is 3. The van der Waals surface area contributed by atoms with Crippen LogP contribution in [0.1, 0.15) is 26.7 Å². The van der Waals surface area contributed by atoms with E-state index in [0.717, 1.165) is 12.8 Å². The monoisotopic (exact) mass is 212 g/mol. The molecule has 0 atom stereocenters. The molecule has 0 aliphatic heterocycles. The third kappa shape index (κ3) is 7.15. The van der Waals surface area contributed by atoms with E-state index in [4.69, 9.17) is 5.73 Å². The maximum absolute atomic E-state index is 12.1. The second-order valence-corrected chi connectivity index (χ2v) is 3.68. The largest absolute Gasteiger partial charge is 0.401 e. The first kappa shape index (κ1) is 13.7. The molecule has 0 saturated carbocycles. The first-order chi connectivity index (χ1) is 6.37. The fourth-order valence-electron chi connectivity index (χ4n) is 1.21. The minimum absolute atomic E-state index is 0.0746. The van der Waals surface area contributed by atoms with Crippen LogP contribution in [0.4, 0.5) is 13.2 Å². The van der Waals surface area contributed by atoms with Crippen LogP contribution in [0.3, 0.4) is 0 Å². The average molecular weight is 212 g/mol. The van der Waals surface area contributed by atoms with Crippen LogP contribution in [-0.2, 0) is 0 Å². The Hall–Kier alpha value is -0.290. The van der Waals surface area contributed by atoms with Gasteiger partial charge in [-0.1, -0.05) is 0 Å². The number of hydrogen-bond donors (Lipinski definition) is 1. The molecule has 0 spiro atoms. The number of nitrogens with zero attached hydrogens (tertiary/aromatic N) is 1. The summed E-state index contributed by atoms with van der Waals surface area (Å²) in [5, 5.41) is 0. The van der Waals surface area contributed by atoms with Crippen LogP contribution in [0.5, 0.6) is 0 Å². The predicted octanol–water partition coefficient (Wildman–Crippen LogP) is 2.00. The minimum atomic E-state index is -4.10. The summed E-state index contributed by atoms with van der Waals surface area (Å²) in [7, 11) is 0. The number of rotatable bonds is 6. The van der Waals surface area contributed by atoms with Gasteiger partial charge in [0.05, 0.1) is 6.54 Å². The first-order valence-corrected chi connectivity index (χ1v) is 4.87. The molecule has 86 valence electrons. The summed E-state index contributed by atoms with van der Waals surface area (Å²) >= 11 is 0. The van der Waals surface area contributed by atoms with Gasteiger partial charge in [0.2, 0.25) is 0 Å². The Balaban J connectivity index is 3.91. The van der Waals surface area contributed by atoms with E-state index < -0.39 is 12.7 Å². The summed E-state index contributed by atoms with van der Waals surface area (Å²) < 4.78 is 36.3. The van der Waals surface area contributed by atoms with Crippen molar-refractivity contribution in [3.05, 3.63) is 0 Å². The van der Waals surface area contributed by atoms with Crippen molar-refractivity contribution in [2.24, 2.45) is 5.73 Å². The molecule has 5 heteroatoms. The van der Waals surface area contributed by atoms with E-state index in [1.807, 2.05) is 0 Å². The molecule has 0 rings (SSSR count). The van der Waals surface area contributed by atoms with E-state index in [9.17, 15) is 13.2 Å². The topological polar surface area (TPSA) is 29.3 Å². The lowest BCUT2D eigenvalue weighted by Gasteiger charge is -2.27. The van der Waals surface area contributed by atoms with Crippen molar-refractivity contribution in [3.63, 3.8) is 0 Å². The molecule has 0 radical (unpaired) electrons. The Bertz CT molecular complexity index is 145. The van der Waals surface area contributed by atoms with Crippen LogP contribution in [-0.4, -0.2) is 36.8 Å². The fraction of sp³-hybridized carbons (Fsp3) is 1.00. The third-order valence-corrected chi connectivity index (χ3v) is 2.01. The lowest BCUT2D eigenvalue weighted by Crippen LogP contribution is -2.39. The Labute approximate surface area is 83.3 Å². The molecule has 2 N–H and O–H groups in total. The lowest BCUT2D eigenvalue weighted by atomic mass is 10.2. The van der Waals surface area contributed by atoms with E-state index in [-0.39, 0.29) is 6.04 Å². The zero-order valence-electron chi connectivity index (χ0n) is 8.77. The molecule has 0 aromatic carbocycles. The van der Waals surface area contributed by atoms with Gasteiger partial charge in [0, 0.05) is 6.04 Å². The van der Waals surface area contributed by atoms with Crippen molar-refractivity contribution in [2.45, 2.75) is 38.9 Å². The second-order valence-electron chi connectivity index (χ2n) is 3.68. The highest BCUT2D eigenvalue weighted by atomic mass is 19.4. The summed E-state index contributed by atoms with van der Waals surface area (Å²) in [4.78, 5) is 1.43. The van der Waals surface area contributed by atoms with Gasteiger partial charge in [-0.25, -0.2) is 0 Å². The van der Waals surface area contributed by atoms with Crippen LogP contribution >= 0.6 is 0 Å². The van der Waals surface area contributed by atoms with Crippen LogP contribution in [0.15, 0.2) is 0 Å². The maximum Gasteiger partial charge on any atom is 0.401 e. The van der Waals surface area contributed by atoms with Crippen molar-refractivity contribution < 1.29 is 13.2 Å². The van der Waals surface area contributed by atoms with Gasteiger partial charge in [0.15, 0.2) is 0 Å². The van der Waals surface area contributed by atoms with Crippen LogP contribution in [0.2, 0.25) is 0 Å². The van der Waals surface area contributed by atoms with Gasteiger partial charge in [-0.2, -0.15) is 13.2 Å². The number of alkyl halides is 3. The molecule has 0 saturated heterocycles. The van der Waals surface area contributed by atoms with Crippen LogP contribution in [0, 0.1) is 0 Å². The van der Waals surface area contributed by atoms with Crippen molar-refractivity contribution >= 4 is 0 Å². The molecule has 0 aliphatic rings. The van der Waals surface area contributed by atoms with Gasteiger partial charge in [-0.15, -0.1) is 0 Å². The summed E-state index contributed by atoms with van der Waals surface area (Å²) in [5.74, 6) is 0. The van der Waals surface area contributed by atoms with Gasteiger partial charge in [0.1, 0.15) is 0 Å². The third-order valence-electron chi connectivity index (χ3n) is 2.01. The predicted molar refractivity (Wildman–Crippen MR) is 51.1 cm³/mol. The Morgan fingerprint density at radius 2 is 1.79 bits per heavy atom. The van der Waals surface area contributed by atoms with Gasteiger partial charge in [-0.05, 0) is 39.8 Å². The quantitative estimate of drug-likeness (QED) is 0.682. The molecule has 0 fully saturated rings. The Morgan fingerprint density at radius 1 is 1.21 bits per heavy atom. The smallest absolute Gasteiger partial charge is 0.330 e. The zero-order chi connectivity index (χ0) is 11.2. The molecule has 0 amide bonds. The van der Waals surface area contributed by atoms with E-state index in [2.05, 4.69) is 0 Å². The van der Waals surface area contributed by atoms with E-state index in [0.29, 0.717) is 13.1 Å². The number of nitrogens with two attached hydrogens (primary N) is 1. The highest BCUT2D eigenvalue weighted by Gasteiger charge is 2.31. The van der Waals surface area contributed by atoms with Gasteiger partial charge < -0.3 is 5.73 Å². The van der Waals surface area contributed by atoms with E-state index in [1.54, 1.807) is 13.8 Å². The average Bonchev–Trinajstić information content (AvgIpc) is 2.00. The zero-order valence-corrected chi connectivity index (χ0v) is 8.77. The van der Waals surface area contributed by atoms with Crippen LogP contribution in [0.25, 0.3) is 0 Å². The van der Waals surface area contributed by atoms with Crippen molar-refractivity contribution in [2.75, 3.05) is 19.6 Å². The van der Waals surface area contributed by atoms with Crippen molar-refractivity contribution in [3.8, 4) is 0 Å². The van der Waals surface area contributed by atoms with Crippen LogP contribution < -0.4 is 5.73 Å². The number of unbranched alkanes of at least 4 members (excludes halogenated alkanes) is 1. The minimum Gasteiger partial charge on any atom is -0.330 e. The highest BCUT2D eigenvalue weighted by Crippen LogP contribution is 2.18. The summed E-state index contributed by atoms with van der Waals surface area (Å²) in [6.07, 6.45) is -2.60. The molecule has 2 nitrogen and oxygen atoms in total. The molecular formula is C9H19F3N2. The SMILES string of the molecule is CC(C)N(CCCCN)CC(F)(F)F. The molecule has 14 heavy (non-hydrogen) atoms. The van der Waals surface area contributed by atoms with E-state index in [1.165, 1.54) is 4.90 Å². The fourth-order valence-corrected chi connectivity index (χ4v) is 1.21. The summed E-state index contributed by atoms with van der Waals surface area (Å²) in [6.45, 7) is 3.73. The first-order valence-electron chi connectivity index (χ1n) is 4.87. The van der Waals surface area contributed by atoms with E-state index >= 15 is 0 Å². The van der Waals surface area contributed by atoms with Gasteiger partial charge in [0.25, 0.3) is 0 Å². The highest BCUT2D eigenvalue weighted by molar-refractivity contribution is 4.67. The second kappa shape index (κ2) is 6.24. The standard InChI is InChI=1S/C9H19F3N2/c1-8(2)14(6-4-3-5-13)7-9(10,11)12/h8H,3-7,13H2,1-2H3. The molecular weight excluding hydrogens is 193 g/mol. The molecule has 0 aliphatic carbocycles. The normalized spacial score (nSPS) is 12.9. The lowest BCUT2D eigenvalue weighted by molar-refractivity contribution is -0.149. The molecule has 0 bridgehead atoms. The Kier molecular flexibility index (Phi) is 6.11.